The Morgan fingerprint density at radius 2 is 2.00 bits per heavy atom. The molecule has 0 aliphatic heterocycles. The molecule has 5 nitrogen and oxygen atoms in total. The molecule has 4 rings (SSSR count). The van der Waals surface area contributed by atoms with Crippen molar-refractivity contribution in [2.24, 2.45) is 0 Å². The maximum atomic E-state index is 12.8. The highest BCUT2D eigenvalue weighted by molar-refractivity contribution is 6.15. The summed E-state index contributed by atoms with van der Waals surface area (Å²) in [5, 5.41) is 0.843. The number of aromatic nitrogens is 3. The Balaban J connectivity index is 1.56. The Morgan fingerprint density at radius 1 is 1.16 bits per heavy atom. The number of rotatable bonds is 4. The van der Waals surface area contributed by atoms with E-state index in [0.29, 0.717) is 17.2 Å². The van der Waals surface area contributed by atoms with Crippen LogP contribution in [0.1, 0.15) is 48.0 Å². The fourth-order valence-corrected chi connectivity index (χ4v) is 3.68. The third-order valence-electron chi connectivity index (χ3n) is 5.19. The van der Waals surface area contributed by atoms with E-state index in [1.165, 1.54) is 32.1 Å². The van der Waals surface area contributed by atoms with Crippen molar-refractivity contribution >= 4 is 22.6 Å². The molecule has 0 unspecified atom stereocenters. The first-order chi connectivity index (χ1) is 12.2. The van der Waals surface area contributed by atoms with Crippen molar-refractivity contribution in [2.45, 2.75) is 38.1 Å². The van der Waals surface area contributed by atoms with E-state index in [1.54, 1.807) is 18.6 Å². The van der Waals surface area contributed by atoms with Gasteiger partial charge in [-0.05, 0) is 37.1 Å². The van der Waals surface area contributed by atoms with Crippen LogP contribution < -0.4 is 4.90 Å². The van der Waals surface area contributed by atoms with Gasteiger partial charge in [-0.3, -0.25) is 4.79 Å². The van der Waals surface area contributed by atoms with Gasteiger partial charge in [0.05, 0.1) is 0 Å². The molecule has 0 amide bonds. The zero-order valence-corrected chi connectivity index (χ0v) is 14.4. The summed E-state index contributed by atoms with van der Waals surface area (Å²) in [6.45, 7) is 0. The number of hydrogen-bond acceptors (Lipinski definition) is 4. The Labute approximate surface area is 147 Å². The fraction of sp³-hybridized carbons (Fsp3) is 0.350. The quantitative estimate of drug-likeness (QED) is 0.734. The number of anilines is 1. The average Bonchev–Trinajstić information content (AvgIpc) is 3.12. The van der Waals surface area contributed by atoms with Gasteiger partial charge in [-0.1, -0.05) is 19.3 Å². The summed E-state index contributed by atoms with van der Waals surface area (Å²) in [4.78, 5) is 26.9. The number of H-pyrrole nitrogens is 1. The van der Waals surface area contributed by atoms with Crippen LogP contribution in [0.25, 0.3) is 11.0 Å². The molecule has 25 heavy (non-hydrogen) atoms. The first-order valence-electron chi connectivity index (χ1n) is 8.90. The molecule has 1 N–H and O–H groups in total. The molecule has 0 aromatic carbocycles. The normalized spacial score (nSPS) is 15.4. The molecule has 1 aliphatic rings. The van der Waals surface area contributed by atoms with E-state index in [-0.39, 0.29) is 5.78 Å². The van der Waals surface area contributed by atoms with Crippen molar-refractivity contribution in [2.75, 3.05) is 11.9 Å². The van der Waals surface area contributed by atoms with E-state index in [1.807, 2.05) is 24.3 Å². The molecule has 0 bridgehead atoms. The molecular formula is C20H22N4O. The van der Waals surface area contributed by atoms with E-state index in [0.717, 1.165) is 16.9 Å². The molecule has 0 atom stereocenters. The fourth-order valence-electron chi connectivity index (χ4n) is 3.68. The zero-order chi connectivity index (χ0) is 17.2. The number of carbonyl (C=O) groups is 1. The van der Waals surface area contributed by atoms with Gasteiger partial charge in [-0.25, -0.2) is 9.97 Å². The highest BCUT2D eigenvalue weighted by Gasteiger charge is 2.20. The van der Waals surface area contributed by atoms with Crippen LogP contribution >= 0.6 is 0 Å². The van der Waals surface area contributed by atoms with Gasteiger partial charge in [-0.2, -0.15) is 0 Å². The summed E-state index contributed by atoms with van der Waals surface area (Å²) in [5.41, 5.74) is 1.97. The van der Waals surface area contributed by atoms with Crippen LogP contribution in [0.4, 0.5) is 5.82 Å². The third-order valence-corrected chi connectivity index (χ3v) is 5.19. The Morgan fingerprint density at radius 3 is 2.76 bits per heavy atom. The molecule has 0 spiro atoms. The second kappa shape index (κ2) is 6.67. The molecule has 1 aliphatic carbocycles. The van der Waals surface area contributed by atoms with E-state index in [9.17, 15) is 4.79 Å². The lowest BCUT2D eigenvalue weighted by atomic mass is 9.94. The minimum Gasteiger partial charge on any atom is -0.357 e. The molecule has 5 heteroatoms. The smallest absolute Gasteiger partial charge is 0.196 e. The molecule has 1 saturated carbocycles. The van der Waals surface area contributed by atoms with Crippen molar-refractivity contribution in [1.82, 2.24) is 15.0 Å². The van der Waals surface area contributed by atoms with E-state index < -0.39 is 0 Å². The summed E-state index contributed by atoms with van der Waals surface area (Å²) in [6, 6.07) is 8.13. The van der Waals surface area contributed by atoms with Gasteiger partial charge < -0.3 is 9.88 Å². The van der Waals surface area contributed by atoms with Crippen LogP contribution in [0, 0.1) is 0 Å². The second-order valence-electron chi connectivity index (χ2n) is 6.74. The lowest BCUT2D eigenvalue weighted by Crippen LogP contribution is -2.33. The Hall–Kier alpha value is -2.69. The van der Waals surface area contributed by atoms with Crippen LogP contribution in [0.3, 0.4) is 0 Å². The summed E-state index contributed by atoms with van der Waals surface area (Å²) in [7, 11) is 2.10. The summed E-state index contributed by atoms with van der Waals surface area (Å²) in [5.74, 6) is 0.905. The Bertz CT molecular complexity index is 878. The summed E-state index contributed by atoms with van der Waals surface area (Å²) >= 11 is 0. The van der Waals surface area contributed by atoms with Crippen molar-refractivity contribution in [1.29, 1.82) is 0 Å². The summed E-state index contributed by atoms with van der Waals surface area (Å²) in [6.07, 6.45) is 11.5. The number of carbonyl (C=O) groups excluding carboxylic acids is 1. The number of nitrogens with one attached hydrogen (secondary N) is 1. The minimum atomic E-state index is -0.0291. The maximum absolute atomic E-state index is 12.8. The van der Waals surface area contributed by atoms with E-state index in [4.69, 9.17) is 0 Å². The number of fused-ring (bicyclic) bond motifs is 1. The lowest BCUT2D eigenvalue weighted by molar-refractivity contribution is 0.104. The van der Waals surface area contributed by atoms with Crippen LogP contribution in [0.15, 0.2) is 42.9 Å². The molecule has 3 aromatic rings. The van der Waals surface area contributed by atoms with Gasteiger partial charge in [0, 0.05) is 48.2 Å². The SMILES string of the molecule is CN(c1ccc(C(=O)c2c[nH]c3ncccc23)cn1)C1CCCCC1. The second-order valence-corrected chi connectivity index (χ2v) is 6.74. The molecule has 3 aromatic heterocycles. The van der Waals surface area contributed by atoms with E-state index in [2.05, 4.69) is 26.9 Å². The highest BCUT2D eigenvalue weighted by atomic mass is 16.1. The van der Waals surface area contributed by atoms with Crippen LogP contribution in [0.5, 0.6) is 0 Å². The molecule has 128 valence electrons. The number of ketones is 1. The molecule has 1 fully saturated rings. The van der Waals surface area contributed by atoms with Gasteiger partial charge in [0.25, 0.3) is 0 Å². The first-order valence-corrected chi connectivity index (χ1v) is 8.90. The van der Waals surface area contributed by atoms with Crippen LogP contribution in [0.2, 0.25) is 0 Å². The monoisotopic (exact) mass is 334 g/mol. The number of pyridine rings is 2. The van der Waals surface area contributed by atoms with Crippen LogP contribution in [-0.4, -0.2) is 33.8 Å². The molecular weight excluding hydrogens is 312 g/mol. The van der Waals surface area contributed by atoms with Gasteiger partial charge in [0.15, 0.2) is 5.78 Å². The number of aromatic amines is 1. The predicted octanol–water partition coefficient (Wildman–Crippen LogP) is 3.96. The third kappa shape index (κ3) is 3.02. The highest BCUT2D eigenvalue weighted by Crippen LogP contribution is 2.25. The van der Waals surface area contributed by atoms with Crippen molar-refractivity contribution in [3.63, 3.8) is 0 Å². The van der Waals surface area contributed by atoms with Gasteiger partial charge in [0.2, 0.25) is 0 Å². The van der Waals surface area contributed by atoms with Crippen molar-refractivity contribution in [3.8, 4) is 0 Å². The topological polar surface area (TPSA) is 61.9 Å². The predicted molar refractivity (Wildman–Crippen MR) is 99.0 cm³/mol. The molecule has 3 heterocycles. The standard InChI is InChI=1S/C20H22N4O/c1-24(15-6-3-2-4-7-15)18-10-9-14(12-22-18)19(25)17-13-23-20-16(17)8-5-11-21-20/h5,8-13,15H,2-4,6-7H2,1H3,(H,21,23). The van der Waals surface area contributed by atoms with Gasteiger partial charge in [-0.15, -0.1) is 0 Å². The van der Waals surface area contributed by atoms with Gasteiger partial charge >= 0.3 is 0 Å². The zero-order valence-electron chi connectivity index (χ0n) is 14.4. The largest absolute Gasteiger partial charge is 0.357 e. The number of hydrogen-bond donors (Lipinski definition) is 1. The lowest BCUT2D eigenvalue weighted by Gasteiger charge is -2.32. The minimum absolute atomic E-state index is 0.0291. The molecule has 0 saturated heterocycles. The van der Waals surface area contributed by atoms with Crippen molar-refractivity contribution in [3.05, 3.63) is 54.0 Å². The van der Waals surface area contributed by atoms with Crippen LogP contribution in [-0.2, 0) is 0 Å². The molecule has 0 radical (unpaired) electrons. The maximum Gasteiger partial charge on any atom is 0.196 e. The Kier molecular flexibility index (Phi) is 4.22. The average molecular weight is 334 g/mol. The van der Waals surface area contributed by atoms with Gasteiger partial charge in [0.1, 0.15) is 11.5 Å². The van der Waals surface area contributed by atoms with Crippen molar-refractivity contribution < 1.29 is 4.79 Å². The summed E-state index contributed by atoms with van der Waals surface area (Å²) < 4.78 is 0. The van der Waals surface area contributed by atoms with E-state index >= 15 is 0 Å². The first kappa shape index (κ1) is 15.8. The number of nitrogens with zero attached hydrogens (tertiary/aromatic N) is 3.